The van der Waals surface area contributed by atoms with Gasteiger partial charge in [-0.15, -0.1) is 11.8 Å². The van der Waals surface area contributed by atoms with Crippen LogP contribution in [0.15, 0.2) is 11.8 Å². The maximum absolute atomic E-state index is 9.18. The molecule has 0 aromatic heterocycles. The van der Waals surface area contributed by atoms with Gasteiger partial charge in [-0.05, 0) is 13.8 Å². The Kier molecular flexibility index (Phi) is 2.06. The van der Waals surface area contributed by atoms with E-state index in [0.717, 1.165) is 10.6 Å². The normalized spacial score (nSPS) is 24.2. The Morgan fingerprint density at radius 1 is 1.70 bits per heavy atom. The van der Waals surface area contributed by atoms with Gasteiger partial charge in [0, 0.05) is 17.2 Å². The van der Waals surface area contributed by atoms with Crippen molar-refractivity contribution in [2.45, 2.75) is 25.0 Å². The smallest absolute Gasteiger partial charge is 0.0956 e. The molecule has 0 unspecified atom stereocenters. The molecule has 0 aromatic carbocycles. The molecular formula is C7H10OS2. The average Bonchev–Trinajstić information content (AvgIpc) is 1.54. The van der Waals surface area contributed by atoms with Gasteiger partial charge in [0.1, 0.15) is 0 Å². The summed E-state index contributed by atoms with van der Waals surface area (Å²) in [6, 6.07) is 0. The summed E-state index contributed by atoms with van der Waals surface area (Å²) < 4.78 is 0.865. The third-order valence-corrected chi connectivity index (χ3v) is 2.65. The molecule has 0 spiro atoms. The first-order chi connectivity index (χ1) is 4.49. The van der Waals surface area contributed by atoms with Crippen LogP contribution in [0, 0.1) is 0 Å². The molecule has 1 nitrogen and oxygen atoms in total. The van der Waals surface area contributed by atoms with E-state index >= 15 is 0 Å². The topological polar surface area (TPSA) is 20.2 Å². The number of aliphatic hydroxyl groups excluding tert-OH is 1. The lowest BCUT2D eigenvalue weighted by atomic mass is 10.1. The monoisotopic (exact) mass is 174 g/mol. The Morgan fingerprint density at radius 3 is 2.70 bits per heavy atom. The Balaban J connectivity index is 2.80. The average molecular weight is 174 g/mol. The molecule has 0 aromatic rings. The Bertz CT molecular complexity index is 194. The van der Waals surface area contributed by atoms with E-state index in [2.05, 4.69) is 13.8 Å². The highest BCUT2D eigenvalue weighted by Crippen LogP contribution is 2.36. The van der Waals surface area contributed by atoms with Crippen molar-refractivity contribution in [2.24, 2.45) is 0 Å². The standard InChI is InChI=1S/C7H10OS2/c1-7(2)4-5(8)3-6(9)10-7/h3,8H,4H2,1-2H3. The van der Waals surface area contributed by atoms with E-state index in [1.807, 2.05) is 0 Å². The summed E-state index contributed by atoms with van der Waals surface area (Å²) in [6.07, 6.45) is 2.38. The summed E-state index contributed by atoms with van der Waals surface area (Å²) in [4.78, 5) is 0. The van der Waals surface area contributed by atoms with Crippen molar-refractivity contribution in [3.63, 3.8) is 0 Å². The number of rotatable bonds is 0. The molecule has 0 bridgehead atoms. The van der Waals surface area contributed by atoms with Crippen LogP contribution in [0.2, 0.25) is 0 Å². The Morgan fingerprint density at radius 2 is 2.30 bits per heavy atom. The summed E-state index contributed by atoms with van der Waals surface area (Å²) >= 11 is 6.60. The molecule has 0 saturated heterocycles. The van der Waals surface area contributed by atoms with Gasteiger partial charge >= 0.3 is 0 Å². The molecule has 0 radical (unpaired) electrons. The molecule has 0 saturated carbocycles. The van der Waals surface area contributed by atoms with Gasteiger partial charge < -0.3 is 5.11 Å². The van der Waals surface area contributed by atoms with Gasteiger partial charge in [0.05, 0.1) is 9.96 Å². The highest BCUT2D eigenvalue weighted by atomic mass is 32.2. The second-order valence-electron chi connectivity index (χ2n) is 2.99. The molecular weight excluding hydrogens is 164 g/mol. The second kappa shape index (κ2) is 2.55. The first-order valence-electron chi connectivity index (χ1n) is 3.12. The van der Waals surface area contributed by atoms with E-state index in [1.165, 1.54) is 0 Å². The van der Waals surface area contributed by atoms with Crippen molar-refractivity contribution in [3.05, 3.63) is 11.8 Å². The van der Waals surface area contributed by atoms with Crippen molar-refractivity contribution < 1.29 is 5.11 Å². The van der Waals surface area contributed by atoms with E-state index < -0.39 is 0 Å². The quantitative estimate of drug-likeness (QED) is 0.570. The van der Waals surface area contributed by atoms with E-state index in [4.69, 9.17) is 12.2 Å². The summed E-state index contributed by atoms with van der Waals surface area (Å²) in [5, 5.41) is 9.18. The van der Waals surface area contributed by atoms with Gasteiger partial charge in [-0.25, -0.2) is 0 Å². The van der Waals surface area contributed by atoms with Gasteiger partial charge in [-0.2, -0.15) is 0 Å². The van der Waals surface area contributed by atoms with E-state index in [9.17, 15) is 5.11 Å². The van der Waals surface area contributed by atoms with Crippen LogP contribution in [0.3, 0.4) is 0 Å². The number of thioether (sulfide) groups is 1. The van der Waals surface area contributed by atoms with E-state index in [0.29, 0.717) is 5.76 Å². The lowest BCUT2D eigenvalue weighted by Gasteiger charge is -2.26. The molecule has 0 fully saturated rings. The summed E-state index contributed by atoms with van der Waals surface area (Å²) in [7, 11) is 0. The third-order valence-electron chi connectivity index (χ3n) is 1.27. The highest BCUT2D eigenvalue weighted by molar-refractivity contribution is 8.24. The largest absolute Gasteiger partial charge is 0.512 e. The zero-order valence-electron chi connectivity index (χ0n) is 6.05. The Labute approximate surface area is 70.5 Å². The molecule has 1 aliphatic rings. The van der Waals surface area contributed by atoms with Gasteiger partial charge in [0.2, 0.25) is 0 Å². The second-order valence-corrected chi connectivity index (χ2v) is 5.44. The van der Waals surface area contributed by atoms with Crippen LogP contribution in [0.5, 0.6) is 0 Å². The molecule has 56 valence electrons. The maximum Gasteiger partial charge on any atom is 0.0956 e. The summed E-state index contributed by atoms with van der Waals surface area (Å²) in [5.74, 6) is 0.411. The Hall–Kier alpha value is -0.0200. The minimum Gasteiger partial charge on any atom is -0.512 e. The molecule has 1 aliphatic heterocycles. The molecule has 10 heavy (non-hydrogen) atoms. The molecule has 1 rings (SSSR count). The minimum absolute atomic E-state index is 0.0793. The highest BCUT2D eigenvalue weighted by Gasteiger charge is 2.25. The zero-order chi connectivity index (χ0) is 7.78. The lowest BCUT2D eigenvalue weighted by molar-refractivity contribution is 0.374. The van der Waals surface area contributed by atoms with E-state index in [1.54, 1.807) is 17.8 Å². The van der Waals surface area contributed by atoms with Crippen LogP contribution in [0.4, 0.5) is 0 Å². The molecule has 0 aliphatic carbocycles. The number of aliphatic hydroxyl groups is 1. The summed E-state index contributed by atoms with van der Waals surface area (Å²) in [6.45, 7) is 4.15. The fraction of sp³-hybridized carbons (Fsp3) is 0.571. The van der Waals surface area contributed by atoms with Crippen molar-refractivity contribution in [1.82, 2.24) is 0 Å². The molecule has 1 N–H and O–H groups in total. The number of hydrogen-bond donors (Lipinski definition) is 1. The van der Waals surface area contributed by atoms with Crippen LogP contribution >= 0.6 is 24.0 Å². The van der Waals surface area contributed by atoms with Gasteiger partial charge in [-0.1, -0.05) is 12.2 Å². The zero-order valence-corrected chi connectivity index (χ0v) is 7.68. The predicted molar refractivity (Wildman–Crippen MR) is 49.6 cm³/mol. The fourth-order valence-corrected chi connectivity index (χ4v) is 2.73. The van der Waals surface area contributed by atoms with Gasteiger partial charge in [-0.3, -0.25) is 0 Å². The van der Waals surface area contributed by atoms with Crippen molar-refractivity contribution in [2.75, 3.05) is 0 Å². The van der Waals surface area contributed by atoms with Crippen molar-refractivity contribution >= 4 is 28.2 Å². The predicted octanol–water partition coefficient (Wildman–Crippen LogP) is 2.67. The SMILES string of the molecule is CC1(C)CC(O)=CC(=S)S1. The molecule has 3 heteroatoms. The van der Waals surface area contributed by atoms with Crippen molar-refractivity contribution in [3.8, 4) is 0 Å². The molecule has 0 amide bonds. The summed E-state index contributed by atoms with van der Waals surface area (Å²) in [5.41, 5.74) is 0. The van der Waals surface area contributed by atoms with Crippen LogP contribution < -0.4 is 0 Å². The number of allylic oxidation sites excluding steroid dienone is 1. The fourth-order valence-electron chi connectivity index (χ4n) is 0.961. The van der Waals surface area contributed by atoms with Crippen LogP contribution in [-0.2, 0) is 0 Å². The number of hydrogen-bond acceptors (Lipinski definition) is 3. The minimum atomic E-state index is 0.0793. The lowest BCUT2D eigenvalue weighted by Crippen LogP contribution is -2.21. The van der Waals surface area contributed by atoms with Gasteiger partial charge in [0.25, 0.3) is 0 Å². The van der Waals surface area contributed by atoms with Crippen LogP contribution in [0.25, 0.3) is 0 Å². The van der Waals surface area contributed by atoms with Crippen LogP contribution in [-0.4, -0.2) is 14.1 Å². The third kappa shape index (κ3) is 1.99. The first-order valence-corrected chi connectivity index (χ1v) is 4.35. The van der Waals surface area contributed by atoms with Crippen molar-refractivity contribution in [1.29, 1.82) is 0 Å². The van der Waals surface area contributed by atoms with Crippen LogP contribution in [0.1, 0.15) is 20.3 Å². The first kappa shape index (κ1) is 8.08. The molecule has 0 atom stereocenters. The number of thiocarbonyl (C=S) groups is 1. The maximum atomic E-state index is 9.18. The van der Waals surface area contributed by atoms with Gasteiger partial charge in [0.15, 0.2) is 0 Å². The molecule has 1 heterocycles. The van der Waals surface area contributed by atoms with E-state index in [-0.39, 0.29) is 4.75 Å².